The predicted molar refractivity (Wildman–Crippen MR) is 67.3 cm³/mol. The molecule has 0 spiro atoms. The van der Waals surface area contributed by atoms with Crippen LogP contribution in [-0.4, -0.2) is 14.5 Å². The number of rotatable bonds is 0. The van der Waals surface area contributed by atoms with Crippen molar-refractivity contribution in [2.45, 2.75) is 6.92 Å². The van der Waals surface area contributed by atoms with Crippen LogP contribution in [0.1, 0.15) is 5.56 Å². The summed E-state index contributed by atoms with van der Waals surface area (Å²) in [6, 6.07) is 8.11. The summed E-state index contributed by atoms with van der Waals surface area (Å²) < 4.78 is 2.39. The molecule has 3 rings (SSSR count). The quantitative estimate of drug-likeness (QED) is 0.578. The molecular formula is C12H8OSSe. The molecule has 3 heteroatoms. The normalized spacial score (nSPS) is 11.3. The zero-order valence-corrected chi connectivity index (χ0v) is 10.6. The van der Waals surface area contributed by atoms with Gasteiger partial charge in [-0.3, -0.25) is 0 Å². The molecule has 0 saturated carbocycles. The molecule has 0 saturated heterocycles. The summed E-state index contributed by atoms with van der Waals surface area (Å²) in [4.78, 5) is 14.3. The Morgan fingerprint density at radius 3 is 2.93 bits per heavy atom. The minimum atomic E-state index is 0.207. The van der Waals surface area contributed by atoms with Crippen LogP contribution < -0.4 is 5.43 Å². The number of benzene rings is 1. The van der Waals surface area contributed by atoms with Crippen molar-refractivity contribution in [1.29, 1.82) is 0 Å². The van der Waals surface area contributed by atoms with Gasteiger partial charge in [0.15, 0.2) is 0 Å². The minimum absolute atomic E-state index is 0.207. The van der Waals surface area contributed by atoms with Gasteiger partial charge in [0, 0.05) is 0 Å². The van der Waals surface area contributed by atoms with Gasteiger partial charge < -0.3 is 0 Å². The van der Waals surface area contributed by atoms with Crippen molar-refractivity contribution >= 4 is 44.9 Å². The Hall–Kier alpha value is -0.891. The summed E-state index contributed by atoms with van der Waals surface area (Å²) in [6.07, 6.45) is 0. The molecule has 0 fully saturated rings. The van der Waals surface area contributed by atoms with Crippen LogP contribution >= 0.6 is 11.3 Å². The van der Waals surface area contributed by atoms with Crippen LogP contribution in [0.15, 0.2) is 34.0 Å². The average Bonchev–Trinajstić information content (AvgIpc) is 2.68. The van der Waals surface area contributed by atoms with Crippen molar-refractivity contribution in [3.05, 3.63) is 45.0 Å². The van der Waals surface area contributed by atoms with Gasteiger partial charge in [-0.05, 0) is 0 Å². The molecule has 2 aromatic heterocycles. The Bertz CT molecular complexity index is 708. The second-order valence-corrected chi connectivity index (χ2v) is 7.11. The molecule has 0 unspecified atom stereocenters. The van der Waals surface area contributed by atoms with Crippen LogP contribution in [0.25, 0.3) is 19.0 Å². The summed E-state index contributed by atoms with van der Waals surface area (Å²) in [7, 11) is 0. The number of hydrogen-bond acceptors (Lipinski definition) is 2. The monoisotopic (exact) mass is 280 g/mol. The van der Waals surface area contributed by atoms with E-state index in [1.807, 2.05) is 19.1 Å². The van der Waals surface area contributed by atoms with Crippen LogP contribution in [0, 0.1) is 6.92 Å². The van der Waals surface area contributed by atoms with Gasteiger partial charge in [0.1, 0.15) is 0 Å². The van der Waals surface area contributed by atoms with Gasteiger partial charge in [0.25, 0.3) is 0 Å². The Labute approximate surface area is 96.7 Å². The molecule has 0 bridgehead atoms. The zero-order chi connectivity index (χ0) is 10.4. The van der Waals surface area contributed by atoms with Crippen molar-refractivity contribution in [1.82, 2.24) is 0 Å². The van der Waals surface area contributed by atoms with Crippen LogP contribution in [0.5, 0.6) is 0 Å². The molecule has 15 heavy (non-hydrogen) atoms. The third-order valence-electron chi connectivity index (χ3n) is 2.46. The van der Waals surface area contributed by atoms with Crippen LogP contribution in [-0.2, 0) is 0 Å². The summed E-state index contributed by atoms with van der Waals surface area (Å²) in [5.41, 5.74) is 1.36. The Kier molecular flexibility index (Phi) is 2.06. The SMILES string of the molecule is Cc1ccc2sc3[se]ccc3c(=O)c2c1. The molecule has 0 radical (unpaired) electrons. The maximum atomic E-state index is 12.1. The van der Waals surface area contributed by atoms with E-state index < -0.39 is 0 Å². The summed E-state index contributed by atoms with van der Waals surface area (Å²) >= 11 is 2.14. The average molecular weight is 279 g/mol. The molecule has 0 aliphatic rings. The van der Waals surface area contributed by atoms with E-state index in [1.165, 1.54) is 3.57 Å². The van der Waals surface area contributed by atoms with E-state index in [0.717, 1.165) is 21.0 Å². The van der Waals surface area contributed by atoms with E-state index in [0.29, 0.717) is 14.5 Å². The van der Waals surface area contributed by atoms with E-state index in [-0.39, 0.29) is 5.43 Å². The molecule has 74 valence electrons. The fourth-order valence-electron chi connectivity index (χ4n) is 1.70. The first-order valence-corrected chi connectivity index (χ1v) is 7.32. The fraction of sp³-hybridized carbons (Fsp3) is 0.0833. The van der Waals surface area contributed by atoms with E-state index >= 15 is 0 Å². The molecule has 0 N–H and O–H groups in total. The summed E-state index contributed by atoms with van der Waals surface area (Å²) in [6.45, 7) is 2.02. The van der Waals surface area contributed by atoms with Crippen LogP contribution in [0.3, 0.4) is 0 Å². The van der Waals surface area contributed by atoms with Crippen molar-refractivity contribution in [2.24, 2.45) is 0 Å². The number of aryl methyl sites for hydroxylation is 1. The summed E-state index contributed by atoms with van der Waals surface area (Å²) in [5.74, 6) is 0. The van der Waals surface area contributed by atoms with E-state index in [4.69, 9.17) is 0 Å². The Morgan fingerprint density at radius 1 is 1.20 bits per heavy atom. The second-order valence-electron chi connectivity index (χ2n) is 3.55. The molecular weight excluding hydrogens is 271 g/mol. The second kappa shape index (κ2) is 3.31. The number of fused-ring (bicyclic) bond motifs is 2. The first kappa shape index (κ1) is 9.34. The van der Waals surface area contributed by atoms with Crippen LogP contribution in [0.4, 0.5) is 0 Å². The molecule has 0 atom stereocenters. The Morgan fingerprint density at radius 2 is 2.07 bits per heavy atom. The molecule has 1 aromatic carbocycles. The van der Waals surface area contributed by atoms with Crippen molar-refractivity contribution in [2.75, 3.05) is 0 Å². The molecule has 2 heterocycles. The zero-order valence-electron chi connectivity index (χ0n) is 8.11. The predicted octanol–water partition coefficient (Wildman–Crippen LogP) is 2.78. The van der Waals surface area contributed by atoms with Gasteiger partial charge in [-0.2, -0.15) is 0 Å². The third-order valence-corrected chi connectivity index (χ3v) is 5.94. The molecule has 1 nitrogen and oxygen atoms in total. The van der Waals surface area contributed by atoms with Gasteiger partial charge in [0.05, 0.1) is 0 Å². The van der Waals surface area contributed by atoms with Crippen LogP contribution in [0.2, 0.25) is 0 Å². The number of hydrogen-bond donors (Lipinski definition) is 0. The molecule has 0 amide bonds. The Balaban J connectivity index is 2.64. The van der Waals surface area contributed by atoms with Gasteiger partial charge in [-0.25, -0.2) is 0 Å². The van der Waals surface area contributed by atoms with Gasteiger partial charge >= 0.3 is 96.8 Å². The van der Waals surface area contributed by atoms with Crippen molar-refractivity contribution < 1.29 is 0 Å². The van der Waals surface area contributed by atoms with Gasteiger partial charge in [0.2, 0.25) is 0 Å². The van der Waals surface area contributed by atoms with Crippen molar-refractivity contribution in [3.63, 3.8) is 0 Å². The third kappa shape index (κ3) is 1.39. The van der Waals surface area contributed by atoms with Gasteiger partial charge in [-0.15, -0.1) is 0 Å². The van der Waals surface area contributed by atoms with Crippen molar-refractivity contribution in [3.8, 4) is 0 Å². The van der Waals surface area contributed by atoms with E-state index in [1.54, 1.807) is 11.3 Å². The molecule has 0 aliphatic carbocycles. The van der Waals surface area contributed by atoms with E-state index in [2.05, 4.69) is 17.1 Å². The molecule has 0 aliphatic heterocycles. The topological polar surface area (TPSA) is 17.1 Å². The first-order chi connectivity index (χ1) is 7.25. The summed E-state index contributed by atoms with van der Waals surface area (Å²) in [5, 5.41) is 1.80. The van der Waals surface area contributed by atoms with Gasteiger partial charge in [-0.1, -0.05) is 0 Å². The molecule has 3 aromatic rings. The van der Waals surface area contributed by atoms with E-state index in [9.17, 15) is 4.79 Å². The maximum absolute atomic E-state index is 12.1. The fourth-order valence-corrected chi connectivity index (χ4v) is 5.06. The first-order valence-electron chi connectivity index (χ1n) is 4.66. The standard InChI is InChI=1S/C12H8OSSe/c1-7-2-3-10-9(6-7)11(13)8-4-5-15-12(8)14-10/h2-6H,1H3.